The molecule has 6 atom stereocenters. The van der Waals surface area contributed by atoms with Crippen molar-refractivity contribution in [3.05, 3.63) is 65.9 Å². The van der Waals surface area contributed by atoms with Gasteiger partial charge in [-0.3, -0.25) is 9.59 Å². The number of amides is 4. The van der Waals surface area contributed by atoms with E-state index >= 15 is 0 Å². The summed E-state index contributed by atoms with van der Waals surface area (Å²) in [5, 5.41) is 7.41. The van der Waals surface area contributed by atoms with E-state index < -0.39 is 24.3 Å². The third-order valence-electron chi connectivity index (χ3n) is 12.7. The number of alkyl carbamates (subject to hydrolysis) is 2. The van der Waals surface area contributed by atoms with Crippen molar-refractivity contribution in [3.63, 3.8) is 0 Å². The maximum atomic E-state index is 14.0. The highest BCUT2D eigenvalue weighted by Crippen LogP contribution is 2.44. The quantitative estimate of drug-likeness (QED) is 0.107. The predicted molar refractivity (Wildman–Crippen MR) is 232 cm³/mol. The van der Waals surface area contributed by atoms with Crippen molar-refractivity contribution < 1.29 is 38.1 Å². The molecule has 0 saturated carbocycles. The zero-order chi connectivity index (χ0) is 44.0. The fraction of sp³-hybridized carbons (Fsp3) is 0.478. The van der Waals surface area contributed by atoms with Gasteiger partial charge in [0.1, 0.15) is 36.1 Å². The summed E-state index contributed by atoms with van der Waals surface area (Å²) < 4.78 is 21.6. The molecule has 0 aliphatic carbocycles. The molecule has 3 aliphatic rings. The molecule has 0 spiro atoms. The van der Waals surface area contributed by atoms with Gasteiger partial charge in [-0.1, -0.05) is 45.9 Å². The second kappa shape index (κ2) is 17.3. The molecular weight excluding hydrogens is 793 g/mol. The van der Waals surface area contributed by atoms with Crippen LogP contribution in [0.4, 0.5) is 9.59 Å². The number of aromatic amines is 2. The van der Waals surface area contributed by atoms with Crippen molar-refractivity contribution >= 4 is 45.8 Å². The number of methoxy groups -OCH3 is 3. The monoisotopic (exact) mass is 848 g/mol. The van der Waals surface area contributed by atoms with Gasteiger partial charge in [-0.25, -0.2) is 19.6 Å². The molecule has 2 saturated heterocycles. The third kappa shape index (κ3) is 7.91. The zero-order valence-electron chi connectivity index (χ0n) is 36.5. The van der Waals surface area contributed by atoms with E-state index in [0.29, 0.717) is 37.8 Å². The first-order valence-electron chi connectivity index (χ1n) is 21.4. The van der Waals surface area contributed by atoms with Crippen LogP contribution in [0.25, 0.3) is 44.2 Å². The van der Waals surface area contributed by atoms with E-state index in [9.17, 15) is 19.2 Å². The molecule has 5 heterocycles. The van der Waals surface area contributed by atoms with E-state index in [-0.39, 0.29) is 47.7 Å². The Morgan fingerprint density at radius 1 is 0.855 bits per heavy atom. The van der Waals surface area contributed by atoms with Crippen LogP contribution in [0.2, 0.25) is 0 Å². The van der Waals surface area contributed by atoms with E-state index in [1.165, 1.54) is 14.2 Å². The van der Waals surface area contributed by atoms with Gasteiger partial charge >= 0.3 is 12.2 Å². The Balaban J connectivity index is 1.05. The van der Waals surface area contributed by atoms with Gasteiger partial charge in [0.15, 0.2) is 0 Å². The first kappa shape index (κ1) is 42.5. The molecule has 16 heteroatoms. The Labute approximate surface area is 360 Å². The van der Waals surface area contributed by atoms with E-state index in [0.717, 1.165) is 68.3 Å². The average molecular weight is 849 g/mol. The first-order chi connectivity index (χ1) is 29.8. The summed E-state index contributed by atoms with van der Waals surface area (Å²) in [4.78, 5) is 72.8. The molecule has 62 heavy (non-hydrogen) atoms. The molecule has 5 aromatic rings. The number of H-pyrrole nitrogens is 2. The normalized spacial score (nSPS) is 20.5. The molecule has 0 radical (unpaired) electrons. The van der Waals surface area contributed by atoms with Gasteiger partial charge < -0.3 is 49.3 Å². The van der Waals surface area contributed by atoms with Gasteiger partial charge in [0, 0.05) is 36.6 Å². The number of imidazole rings is 2. The SMILES string of the molecule is COC[C@H]1C[C@@H](c2ncc(-c3ccc4c(c3)COc3cc5c(ccc6[nH]c([C@@H]7CC[C@H](C)N7C(=O)C(NC(=O)OC)C(C)C)nc65)cc3-4)[nH]2)N(C(=O)[C@@H](NC(=O)OC)C(C)C)C1. The highest BCUT2D eigenvalue weighted by molar-refractivity contribution is 6.07. The number of nitrogens with zero attached hydrogens (tertiary/aromatic N) is 4. The number of fused-ring (bicyclic) bond motifs is 6. The summed E-state index contributed by atoms with van der Waals surface area (Å²) in [6.07, 6.45) is 2.73. The molecule has 1 unspecified atom stereocenters. The molecule has 8 rings (SSSR count). The Morgan fingerprint density at radius 2 is 1.58 bits per heavy atom. The van der Waals surface area contributed by atoms with Crippen molar-refractivity contribution in [2.24, 2.45) is 17.8 Å². The number of likely N-dealkylation sites (tertiary alicyclic amines) is 2. The first-order valence-corrected chi connectivity index (χ1v) is 21.4. The number of carbonyl (C=O) groups excluding carboxylic acids is 4. The van der Waals surface area contributed by atoms with Crippen molar-refractivity contribution in [3.8, 4) is 28.1 Å². The topological polar surface area (TPSA) is 193 Å². The van der Waals surface area contributed by atoms with Gasteiger partial charge in [0.2, 0.25) is 11.8 Å². The Hall–Kier alpha value is -6.16. The van der Waals surface area contributed by atoms with E-state index in [4.69, 9.17) is 28.9 Å². The molecule has 2 aromatic heterocycles. The minimum atomic E-state index is -0.755. The molecule has 0 bridgehead atoms. The minimum Gasteiger partial charge on any atom is -0.488 e. The molecular formula is C46H56N8O8. The minimum absolute atomic E-state index is 0.0301. The number of benzene rings is 3. The maximum absolute atomic E-state index is 14.0. The predicted octanol–water partition coefficient (Wildman–Crippen LogP) is 7.01. The van der Waals surface area contributed by atoms with Crippen molar-refractivity contribution in [2.75, 3.05) is 34.5 Å². The largest absolute Gasteiger partial charge is 0.488 e. The maximum Gasteiger partial charge on any atom is 0.407 e. The van der Waals surface area contributed by atoms with Crippen LogP contribution >= 0.6 is 0 Å². The summed E-state index contributed by atoms with van der Waals surface area (Å²) in [5.74, 6) is 1.61. The number of aromatic nitrogens is 4. The third-order valence-corrected chi connectivity index (χ3v) is 12.7. The Bertz CT molecular complexity index is 2510. The van der Waals surface area contributed by atoms with Gasteiger partial charge in [-0.2, -0.15) is 0 Å². The van der Waals surface area contributed by atoms with Crippen molar-refractivity contribution in [1.29, 1.82) is 0 Å². The molecule has 2 fully saturated rings. The highest BCUT2D eigenvalue weighted by Gasteiger charge is 2.43. The lowest BCUT2D eigenvalue weighted by molar-refractivity contribution is -0.137. The Kier molecular flexibility index (Phi) is 11.9. The highest BCUT2D eigenvalue weighted by atomic mass is 16.5. The van der Waals surface area contributed by atoms with Crippen LogP contribution in [-0.2, 0) is 30.4 Å². The molecule has 4 amide bonds. The lowest BCUT2D eigenvalue weighted by Crippen LogP contribution is -2.52. The van der Waals surface area contributed by atoms with Crippen LogP contribution in [0, 0.1) is 17.8 Å². The number of hydrogen-bond acceptors (Lipinski definition) is 10. The number of rotatable bonds is 11. The summed E-state index contributed by atoms with van der Waals surface area (Å²) in [6, 6.07) is 12.5. The van der Waals surface area contributed by atoms with E-state index in [1.807, 2.05) is 45.6 Å². The van der Waals surface area contributed by atoms with Crippen LogP contribution in [0.15, 0.2) is 48.7 Å². The molecule has 16 nitrogen and oxygen atoms in total. The second-order valence-corrected chi connectivity index (χ2v) is 17.5. The number of ether oxygens (including phenoxy) is 4. The number of nitrogens with one attached hydrogen (secondary N) is 4. The second-order valence-electron chi connectivity index (χ2n) is 17.5. The molecule has 4 N–H and O–H groups in total. The van der Waals surface area contributed by atoms with Crippen molar-refractivity contribution in [1.82, 2.24) is 40.4 Å². The van der Waals surface area contributed by atoms with Crippen LogP contribution in [0.1, 0.15) is 83.2 Å². The summed E-state index contributed by atoms with van der Waals surface area (Å²) in [6.45, 7) is 11.0. The van der Waals surface area contributed by atoms with Crippen LogP contribution in [0.5, 0.6) is 5.75 Å². The summed E-state index contributed by atoms with van der Waals surface area (Å²) in [5.41, 5.74) is 6.50. The van der Waals surface area contributed by atoms with Crippen LogP contribution < -0.4 is 15.4 Å². The van der Waals surface area contributed by atoms with E-state index in [2.05, 4.69) is 57.0 Å². The molecule has 328 valence electrons. The Morgan fingerprint density at radius 3 is 2.27 bits per heavy atom. The smallest absolute Gasteiger partial charge is 0.407 e. The molecule has 3 aromatic carbocycles. The molecule has 3 aliphatic heterocycles. The van der Waals surface area contributed by atoms with Gasteiger partial charge in [-0.15, -0.1) is 0 Å². The van der Waals surface area contributed by atoms with Gasteiger partial charge in [0.25, 0.3) is 0 Å². The zero-order valence-corrected chi connectivity index (χ0v) is 36.5. The van der Waals surface area contributed by atoms with Crippen LogP contribution in [0.3, 0.4) is 0 Å². The average Bonchev–Trinajstić information content (AvgIpc) is 4.09. The fourth-order valence-corrected chi connectivity index (χ4v) is 9.43. The standard InChI is InChI=1S/C46H56N8O8/c1-23(2)38(51-45(57)60-7)43(55)53-20-26(21-59-6)15-36(53)41-47-19-34(49-41)28-10-12-30-29(16-28)22-62-37-18-31-27(17-32(30)37)11-13-33-40(31)50-42(48-33)35-14-9-25(5)54(35)44(56)39(24(3)4)52-46(58)61-8/h10-13,16-19,23-26,35-36,38-39H,9,14-15,20-22H2,1-8H3,(H,47,49)(H,48,50)(H,51,57)(H,52,58)/t25-,26-,35-,36-,38-,39?/m0/s1. The van der Waals surface area contributed by atoms with Crippen molar-refractivity contribution in [2.45, 2.75) is 90.7 Å². The number of hydrogen-bond donors (Lipinski definition) is 4. The number of carbonyl (C=O) groups is 4. The lowest BCUT2D eigenvalue weighted by Gasteiger charge is -2.32. The summed E-state index contributed by atoms with van der Waals surface area (Å²) >= 11 is 0. The lowest BCUT2D eigenvalue weighted by atomic mass is 9.92. The van der Waals surface area contributed by atoms with E-state index in [1.54, 1.807) is 18.2 Å². The summed E-state index contributed by atoms with van der Waals surface area (Å²) in [7, 11) is 4.23. The van der Waals surface area contributed by atoms with Crippen LogP contribution in [-0.4, -0.2) is 106 Å². The van der Waals surface area contributed by atoms with Gasteiger partial charge in [0.05, 0.1) is 55.8 Å². The van der Waals surface area contributed by atoms with Gasteiger partial charge in [-0.05, 0) is 84.4 Å². The fourth-order valence-electron chi connectivity index (χ4n) is 9.43.